The van der Waals surface area contributed by atoms with Crippen molar-refractivity contribution in [2.75, 3.05) is 38.2 Å². The third-order valence-corrected chi connectivity index (χ3v) is 4.02. The van der Waals surface area contributed by atoms with Crippen molar-refractivity contribution in [3.8, 4) is 11.5 Å². The second kappa shape index (κ2) is 6.70. The van der Waals surface area contributed by atoms with Gasteiger partial charge >= 0.3 is 0 Å². The van der Waals surface area contributed by atoms with Crippen LogP contribution in [0.5, 0.6) is 11.5 Å². The summed E-state index contributed by atoms with van der Waals surface area (Å²) < 4.78 is 5.24. The molecule has 0 saturated carbocycles. The summed E-state index contributed by atoms with van der Waals surface area (Å²) >= 11 is 0. The van der Waals surface area contributed by atoms with E-state index < -0.39 is 0 Å². The van der Waals surface area contributed by atoms with Crippen molar-refractivity contribution >= 4 is 11.6 Å². The fraction of sp³-hybridized carbons (Fsp3) is 0.562. The predicted octanol–water partition coefficient (Wildman–Crippen LogP) is 2.48. The number of nitrogens with zero attached hydrogens (tertiary/aromatic N) is 2. The first-order chi connectivity index (χ1) is 10.1. The number of methoxy groups -OCH3 is 1. The van der Waals surface area contributed by atoms with Gasteiger partial charge in [0.05, 0.1) is 12.8 Å². The molecule has 0 aromatic heterocycles. The summed E-state index contributed by atoms with van der Waals surface area (Å²) in [5, 5.41) is 10.3. The van der Waals surface area contributed by atoms with Crippen LogP contribution in [0.25, 0.3) is 0 Å². The number of hydrogen-bond acceptors (Lipinski definition) is 4. The molecule has 0 bridgehead atoms. The Labute approximate surface area is 126 Å². The number of phenolic OH excluding ortho intramolecular Hbond substituents is 1. The molecule has 1 aromatic carbocycles. The molecule has 0 spiro atoms. The smallest absolute Gasteiger partial charge is 0.254 e. The van der Waals surface area contributed by atoms with Gasteiger partial charge in [-0.1, -0.05) is 0 Å². The number of ether oxygens (including phenoxy) is 1. The maximum Gasteiger partial charge on any atom is 0.254 e. The summed E-state index contributed by atoms with van der Waals surface area (Å²) in [7, 11) is 1.51. The fourth-order valence-corrected chi connectivity index (χ4v) is 2.76. The summed E-state index contributed by atoms with van der Waals surface area (Å²) in [4.78, 5) is 16.4. The van der Waals surface area contributed by atoms with Crippen molar-refractivity contribution < 1.29 is 14.6 Å². The molecule has 5 nitrogen and oxygen atoms in total. The zero-order chi connectivity index (χ0) is 15.4. The van der Waals surface area contributed by atoms with E-state index >= 15 is 0 Å². The highest BCUT2D eigenvalue weighted by Gasteiger charge is 2.22. The molecule has 116 valence electrons. The number of carbonyl (C=O) groups excluding carboxylic acids is 1. The second-order valence-corrected chi connectivity index (χ2v) is 5.22. The number of anilines is 1. The van der Waals surface area contributed by atoms with E-state index in [2.05, 4.69) is 4.90 Å². The van der Waals surface area contributed by atoms with Gasteiger partial charge in [-0.3, -0.25) is 4.79 Å². The summed E-state index contributed by atoms with van der Waals surface area (Å²) in [5.41, 5.74) is 1.26. The number of aromatic hydroxyl groups is 1. The Bertz CT molecular complexity index is 506. The van der Waals surface area contributed by atoms with Crippen molar-refractivity contribution in [2.24, 2.45) is 0 Å². The average molecular weight is 292 g/mol. The molecule has 0 aliphatic carbocycles. The van der Waals surface area contributed by atoms with Crippen LogP contribution < -0.4 is 9.64 Å². The lowest BCUT2D eigenvalue weighted by molar-refractivity contribution is 0.0772. The minimum absolute atomic E-state index is 0.0289. The molecule has 1 aromatic rings. The summed E-state index contributed by atoms with van der Waals surface area (Å²) in [6.07, 6.45) is 2.21. The van der Waals surface area contributed by atoms with Crippen LogP contribution in [0.15, 0.2) is 12.1 Å². The molecule has 1 amide bonds. The van der Waals surface area contributed by atoms with E-state index in [0.717, 1.165) is 25.9 Å². The van der Waals surface area contributed by atoms with E-state index in [1.54, 1.807) is 17.0 Å². The summed E-state index contributed by atoms with van der Waals surface area (Å²) in [6.45, 7) is 7.05. The minimum Gasteiger partial charge on any atom is -0.503 e. The summed E-state index contributed by atoms with van der Waals surface area (Å²) in [6, 6.07) is 3.40. The first-order valence-corrected chi connectivity index (χ1v) is 7.57. The van der Waals surface area contributed by atoms with Gasteiger partial charge in [0.25, 0.3) is 5.91 Å². The highest BCUT2D eigenvalue weighted by atomic mass is 16.5. The van der Waals surface area contributed by atoms with Crippen LogP contribution in [0.4, 0.5) is 5.69 Å². The highest BCUT2D eigenvalue weighted by molar-refractivity contribution is 5.96. The van der Waals surface area contributed by atoms with E-state index in [1.165, 1.54) is 7.11 Å². The van der Waals surface area contributed by atoms with Crippen molar-refractivity contribution in [3.63, 3.8) is 0 Å². The van der Waals surface area contributed by atoms with Crippen LogP contribution in [0, 0.1) is 0 Å². The van der Waals surface area contributed by atoms with Crippen LogP contribution in [0.2, 0.25) is 0 Å². The van der Waals surface area contributed by atoms with E-state index in [1.807, 2.05) is 13.8 Å². The molecule has 1 fully saturated rings. The lowest BCUT2D eigenvalue weighted by Gasteiger charge is -2.23. The zero-order valence-electron chi connectivity index (χ0n) is 13.1. The predicted molar refractivity (Wildman–Crippen MR) is 83.4 cm³/mol. The van der Waals surface area contributed by atoms with E-state index in [0.29, 0.717) is 30.1 Å². The number of rotatable bonds is 5. The molecule has 1 N–H and O–H groups in total. The van der Waals surface area contributed by atoms with Gasteiger partial charge in [0.2, 0.25) is 0 Å². The maximum atomic E-state index is 12.5. The SMILES string of the molecule is CCN(CC)C(=O)c1cc(OC)c(O)c(N2CCCC2)c1. The fourth-order valence-electron chi connectivity index (χ4n) is 2.76. The molecule has 0 radical (unpaired) electrons. The van der Waals surface area contributed by atoms with Crippen molar-refractivity contribution in [2.45, 2.75) is 26.7 Å². The van der Waals surface area contributed by atoms with Crippen LogP contribution in [-0.4, -0.2) is 49.2 Å². The molecule has 5 heteroatoms. The molecule has 0 unspecified atom stereocenters. The van der Waals surface area contributed by atoms with Gasteiger partial charge in [0, 0.05) is 31.7 Å². The average Bonchev–Trinajstić information content (AvgIpc) is 3.02. The van der Waals surface area contributed by atoms with Gasteiger partial charge in [-0.2, -0.15) is 0 Å². The van der Waals surface area contributed by atoms with Gasteiger partial charge in [0.15, 0.2) is 11.5 Å². The molecule has 1 heterocycles. The number of hydrogen-bond donors (Lipinski definition) is 1. The molecular weight excluding hydrogens is 268 g/mol. The molecule has 1 saturated heterocycles. The standard InChI is InChI=1S/C16H24N2O3/c1-4-17(5-2)16(20)12-10-13(18-8-6-7-9-18)15(19)14(11-12)21-3/h10-11,19H,4-9H2,1-3H3. The Morgan fingerprint density at radius 2 is 1.90 bits per heavy atom. The Morgan fingerprint density at radius 3 is 2.43 bits per heavy atom. The van der Waals surface area contributed by atoms with Crippen LogP contribution >= 0.6 is 0 Å². The topological polar surface area (TPSA) is 53.0 Å². The van der Waals surface area contributed by atoms with Crippen molar-refractivity contribution in [1.82, 2.24) is 4.90 Å². The van der Waals surface area contributed by atoms with Crippen molar-refractivity contribution in [3.05, 3.63) is 17.7 Å². The van der Waals surface area contributed by atoms with Gasteiger partial charge in [-0.25, -0.2) is 0 Å². The Balaban J connectivity index is 2.42. The third-order valence-electron chi connectivity index (χ3n) is 4.02. The maximum absolute atomic E-state index is 12.5. The number of amides is 1. The Kier molecular flexibility index (Phi) is 4.94. The Morgan fingerprint density at radius 1 is 1.29 bits per heavy atom. The van der Waals surface area contributed by atoms with Crippen molar-refractivity contribution in [1.29, 1.82) is 0 Å². The quantitative estimate of drug-likeness (QED) is 0.906. The van der Waals surface area contributed by atoms with Crippen LogP contribution in [-0.2, 0) is 0 Å². The molecule has 1 aliphatic heterocycles. The van der Waals surface area contributed by atoms with Gasteiger partial charge < -0.3 is 19.6 Å². The normalized spacial score (nSPS) is 14.3. The zero-order valence-corrected chi connectivity index (χ0v) is 13.1. The van der Waals surface area contributed by atoms with Crippen LogP contribution in [0.1, 0.15) is 37.0 Å². The molecule has 21 heavy (non-hydrogen) atoms. The molecule has 0 atom stereocenters. The molecule has 1 aliphatic rings. The monoisotopic (exact) mass is 292 g/mol. The molecular formula is C16H24N2O3. The number of carbonyl (C=O) groups is 1. The highest BCUT2D eigenvalue weighted by Crippen LogP contribution is 2.39. The number of benzene rings is 1. The third kappa shape index (κ3) is 3.06. The van der Waals surface area contributed by atoms with Gasteiger partial charge in [0.1, 0.15) is 0 Å². The van der Waals surface area contributed by atoms with E-state index in [4.69, 9.17) is 4.74 Å². The first-order valence-electron chi connectivity index (χ1n) is 7.57. The first kappa shape index (κ1) is 15.5. The van der Waals surface area contributed by atoms with Gasteiger partial charge in [-0.15, -0.1) is 0 Å². The number of phenols is 1. The van der Waals surface area contributed by atoms with Gasteiger partial charge in [-0.05, 0) is 38.8 Å². The largest absolute Gasteiger partial charge is 0.503 e. The minimum atomic E-state index is -0.0289. The molecule has 2 rings (SSSR count). The second-order valence-electron chi connectivity index (χ2n) is 5.22. The lowest BCUT2D eigenvalue weighted by Crippen LogP contribution is -2.30. The van der Waals surface area contributed by atoms with Crippen LogP contribution in [0.3, 0.4) is 0 Å². The van der Waals surface area contributed by atoms with E-state index in [-0.39, 0.29) is 11.7 Å². The lowest BCUT2D eigenvalue weighted by atomic mass is 10.1. The summed E-state index contributed by atoms with van der Waals surface area (Å²) in [5.74, 6) is 0.448. The Hall–Kier alpha value is -1.91. The van der Waals surface area contributed by atoms with E-state index in [9.17, 15) is 9.90 Å².